The van der Waals surface area contributed by atoms with Crippen molar-refractivity contribution in [3.05, 3.63) is 146 Å². The van der Waals surface area contributed by atoms with E-state index in [-0.39, 0.29) is 13.4 Å². The summed E-state index contributed by atoms with van der Waals surface area (Å²) in [5.74, 6) is 3.52. The number of hydrogen-bond acceptors (Lipinski definition) is 3. The fourth-order valence-corrected chi connectivity index (χ4v) is 9.07. The average molecular weight is 610 g/mol. The lowest BCUT2D eigenvalue weighted by molar-refractivity contribution is 0.464. The monoisotopic (exact) mass is 610 g/mol. The molecule has 4 aliphatic rings. The van der Waals surface area contributed by atoms with Gasteiger partial charge in [-0.05, 0) is 75.8 Å². The van der Waals surface area contributed by atoms with Crippen molar-refractivity contribution in [1.82, 2.24) is 4.57 Å². The normalized spacial score (nSPS) is 14.0. The summed E-state index contributed by atoms with van der Waals surface area (Å²) in [7, 11) is 0. The third-order valence-electron chi connectivity index (χ3n) is 10.9. The first kappa shape index (κ1) is 25.0. The highest BCUT2D eigenvalue weighted by atomic mass is 16.5. The molecular formula is C42H24B2N2O2. The molecule has 0 N–H and O–H groups in total. The summed E-state index contributed by atoms with van der Waals surface area (Å²) >= 11 is 0. The van der Waals surface area contributed by atoms with Crippen LogP contribution in [-0.4, -0.2) is 18.0 Å². The van der Waals surface area contributed by atoms with Crippen LogP contribution in [-0.2, 0) is 0 Å². The molecule has 0 atom stereocenters. The maximum Gasteiger partial charge on any atom is 0.260 e. The number of fused-ring (bicyclic) bond motifs is 11. The third-order valence-corrected chi connectivity index (χ3v) is 10.9. The molecule has 0 fully saturated rings. The van der Waals surface area contributed by atoms with E-state index in [1.165, 1.54) is 60.5 Å². The largest absolute Gasteiger partial charge is 0.458 e. The summed E-state index contributed by atoms with van der Waals surface area (Å²) in [5.41, 5.74) is 14.7. The summed E-state index contributed by atoms with van der Waals surface area (Å²) in [6.45, 7) is 0.0477. The number of para-hydroxylation sites is 4. The fourth-order valence-electron chi connectivity index (χ4n) is 9.07. The molecule has 0 saturated heterocycles. The van der Waals surface area contributed by atoms with Crippen LogP contribution < -0.4 is 47.2 Å². The van der Waals surface area contributed by atoms with E-state index in [9.17, 15) is 0 Å². The fraction of sp³-hybridized carbons (Fsp3) is 0. The standard InChI is InChI=1S/C42H24B2N2O2/c1-2-11-25(12-3-1)45-33-18-9-19-34-40(33)44(29-16-8-14-27-26-13-4-6-17-32(26)46(34)42(27)29)30-23-31-39(24-35(30)45)48-38-22-10-21-37-41(38)43(31)28-15-5-7-20-36(28)47-37/h1-24H. The van der Waals surface area contributed by atoms with Crippen molar-refractivity contribution in [3.8, 4) is 28.7 Å². The second kappa shape index (κ2) is 8.81. The van der Waals surface area contributed by atoms with Crippen molar-refractivity contribution in [2.45, 2.75) is 0 Å². The van der Waals surface area contributed by atoms with Crippen LogP contribution in [0, 0.1) is 0 Å². The number of aromatic nitrogens is 1. The van der Waals surface area contributed by atoms with Gasteiger partial charge < -0.3 is 18.9 Å². The first-order chi connectivity index (χ1) is 23.8. The van der Waals surface area contributed by atoms with Crippen LogP contribution in [0.1, 0.15) is 0 Å². The molecule has 0 unspecified atom stereocenters. The summed E-state index contributed by atoms with van der Waals surface area (Å²) < 4.78 is 15.8. The van der Waals surface area contributed by atoms with Crippen molar-refractivity contribution in [2.24, 2.45) is 0 Å². The quantitative estimate of drug-likeness (QED) is 0.210. The lowest BCUT2D eigenvalue weighted by Crippen LogP contribution is -2.63. The van der Waals surface area contributed by atoms with E-state index in [1.54, 1.807) is 0 Å². The molecule has 0 aliphatic carbocycles. The van der Waals surface area contributed by atoms with Gasteiger partial charge in [0.2, 0.25) is 0 Å². The van der Waals surface area contributed by atoms with Gasteiger partial charge >= 0.3 is 0 Å². The Kier molecular flexibility index (Phi) is 4.59. The molecule has 12 rings (SSSR count). The predicted molar refractivity (Wildman–Crippen MR) is 198 cm³/mol. The van der Waals surface area contributed by atoms with Crippen LogP contribution in [0.5, 0.6) is 23.0 Å². The molecule has 48 heavy (non-hydrogen) atoms. The molecule has 1 aromatic heterocycles. The lowest BCUT2D eigenvalue weighted by Gasteiger charge is -2.41. The van der Waals surface area contributed by atoms with Crippen molar-refractivity contribution in [2.75, 3.05) is 4.90 Å². The summed E-state index contributed by atoms with van der Waals surface area (Å²) in [6.07, 6.45) is 0. The molecule has 220 valence electrons. The number of rotatable bonds is 1. The van der Waals surface area contributed by atoms with Gasteiger partial charge in [-0.3, -0.25) is 0 Å². The van der Waals surface area contributed by atoms with Gasteiger partial charge in [0.05, 0.1) is 5.52 Å². The van der Waals surface area contributed by atoms with Gasteiger partial charge in [-0.1, -0.05) is 91.0 Å². The smallest absolute Gasteiger partial charge is 0.260 e. The van der Waals surface area contributed by atoms with Gasteiger partial charge in [-0.2, -0.15) is 0 Å². The van der Waals surface area contributed by atoms with E-state index < -0.39 is 0 Å². The Morgan fingerprint density at radius 3 is 2.00 bits per heavy atom. The zero-order chi connectivity index (χ0) is 31.1. The minimum atomic E-state index is 0.00264. The number of benzene rings is 7. The molecule has 0 spiro atoms. The topological polar surface area (TPSA) is 26.6 Å². The minimum Gasteiger partial charge on any atom is -0.458 e. The van der Waals surface area contributed by atoms with E-state index >= 15 is 0 Å². The van der Waals surface area contributed by atoms with Gasteiger partial charge in [0.1, 0.15) is 23.0 Å². The average Bonchev–Trinajstić information content (AvgIpc) is 3.48. The maximum absolute atomic E-state index is 6.83. The molecule has 4 nitrogen and oxygen atoms in total. The summed E-state index contributed by atoms with van der Waals surface area (Å²) in [4.78, 5) is 2.44. The Bertz CT molecular complexity index is 2720. The first-order valence-electron chi connectivity index (χ1n) is 16.6. The zero-order valence-electron chi connectivity index (χ0n) is 25.7. The Balaban J connectivity index is 1.22. The molecule has 0 saturated carbocycles. The van der Waals surface area contributed by atoms with Crippen molar-refractivity contribution in [3.63, 3.8) is 0 Å². The van der Waals surface area contributed by atoms with Crippen LogP contribution in [0.25, 0.3) is 27.5 Å². The molecule has 4 aliphatic heterocycles. The third kappa shape index (κ3) is 2.99. The van der Waals surface area contributed by atoms with Gasteiger partial charge in [0.25, 0.3) is 13.4 Å². The minimum absolute atomic E-state index is 0.00264. The van der Waals surface area contributed by atoms with E-state index in [1.807, 2.05) is 6.07 Å². The number of anilines is 3. The number of ether oxygens (including phenoxy) is 2. The van der Waals surface area contributed by atoms with E-state index in [2.05, 4.69) is 149 Å². The highest BCUT2D eigenvalue weighted by Crippen LogP contribution is 2.43. The Morgan fingerprint density at radius 1 is 0.417 bits per heavy atom. The summed E-state index contributed by atoms with van der Waals surface area (Å²) in [6, 6.07) is 52.6. The zero-order valence-corrected chi connectivity index (χ0v) is 25.7. The van der Waals surface area contributed by atoms with Crippen LogP contribution in [0.2, 0.25) is 0 Å². The van der Waals surface area contributed by atoms with Crippen molar-refractivity contribution >= 4 is 85.1 Å². The molecule has 7 aromatic carbocycles. The van der Waals surface area contributed by atoms with Crippen molar-refractivity contribution in [1.29, 1.82) is 0 Å². The molecule has 0 radical (unpaired) electrons. The van der Waals surface area contributed by atoms with E-state index in [4.69, 9.17) is 9.47 Å². The molecule has 8 aromatic rings. The van der Waals surface area contributed by atoms with Gasteiger partial charge in [0.15, 0.2) is 0 Å². The van der Waals surface area contributed by atoms with Crippen LogP contribution >= 0.6 is 0 Å². The second-order valence-corrected chi connectivity index (χ2v) is 13.2. The van der Waals surface area contributed by atoms with Crippen LogP contribution in [0.3, 0.4) is 0 Å². The van der Waals surface area contributed by atoms with E-state index in [0.29, 0.717) is 0 Å². The molecule has 5 heterocycles. The summed E-state index contributed by atoms with van der Waals surface area (Å²) in [5, 5.41) is 2.58. The van der Waals surface area contributed by atoms with Crippen LogP contribution in [0.4, 0.5) is 17.1 Å². The Morgan fingerprint density at radius 2 is 1.08 bits per heavy atom. The highest BCUT2D eigenvalue weighted by Gasteiger charge is 2.45. The molecular weight excluding hydrogens is 586 g/mol. The SMILES string of the molecule is c1ccc(N2c3cc4c(cc3B3c5c2cccc5-n2c5ccccc5c5cccc3c52)B2c3ccccc3Oc3cccc(c32)O4)cc1. The highest BCUT2D eigenvalue weighted by molar-refractivity contribution is 7.02. The molecule has 0 amide bonds. The molecule has 0 bridgehead atoms. The van der Waals surface area contributed by atoms with Gasteiger partial charge in [0, 0.05) is 50.6 Å². The first-order valence-corrected chi connectivity index (χ1v) is 16.6. The van der Waals surface area contributed by atoms with Crippen LogP contribution in [0.15, 0.2) is 146 Å². The predicted octanol–water partition coefficient (Wildman–Crippen LogP) is 6.12. The molecule has 6 heteroatoms. The Labute approximate surface area is 277 Å². The van der Waals surface area contributed by atoms with Gasteiger partial charge in [-0.25, -0.2) is 0 Å². The second-order valence-electron chi connectivity index (χ2n) is 13.2. The lowest BCUT2D eigenvalue weighted by atomic mass is 9.31. The van der Waals surface area contributed by atoms with Gasteiger partial charge in [-0.15, -0.1) is 0 Å². The number of nitrogens with zero attached hydrogens (tertiary/aromatic N) is 2. The van der Waals surface area contributed by atoms with Crippen molar-refractivity contribution < 1.29 is 9.47 Å². The maximum atomic E-state index is 6.83. The Hall–Kier alpha value is -6.13. The number of hydrogen-bond donors (Lipinski definition) is 0. The van der Waals surface area contributed by atoms with E-state index in [0.717, 1.165) is 39.8 Å².